The Kier molecular flexibility index (Phi) is 3.29. The van der Waals surface area contributed by atoms with Crippen LogP contribution in [-0.2, 0) is 0 Å². The van der Waals surface area contributed by atoms with Gasteiger partial charge in [0.15, 0.2) is 5.58 Å². The lowest BCUT2D eigenvalue weighted by Crippen LogP contribution is -1.90. The van der Waals surface area contributed by atoms with Crippen LogP contribution in [0.4, 0.5) is 5.69 Å². The summed E-state index contributed by atoms with van der Waals surface area (Å²) in [4.78, 5) is 18.5. The third-order valence-electron chi connectivity index (χ3n) is 2.43. The molecule has 1 aromatic carbocycles. The Balaban J connectivity index is 1.96. The second kappa shape index (κ2) is 5.10. The molecule has 0 radical (unpaired) electrons. The molecule has 2 heterocycles. The molecule has 0 spiro atoms. The molecule has 0 aliphatic rings. The number of rotatable bonds is 3. The summed E-state index contributed by atoms with van der Waals surface area (Å²) in [5, 5.41) is 11.5. The van der Waals surface area contributed by atoms with Gasteiger partial charge in [-0.1, -0.05) is 23.7 Å². The smallest absolute Gasteiger partial charge is 0.275 e. The van der Waals surface area contributed by atoms with E-state index in [0.29, 0.717) is 21.3 Å². The Hall–Kier alpha value is -2.12. The number of halogens is 1. The van der Waals surface area contributed by atoms with Crippen LogP contribution >= 0.6 is 23.4 Å². The molecule has 8 heteroatoms. The molecule has 0 aliphatic heterocycles. The minimum atomic E-state index is -0.524. The molecule has 0 N–H and O–H groups in total. The predicted octanol–water partition coefficient (Wildman–Crippen LogP) is 3.94. The SMILES string of the molecule is O=[N+]([O-])c1cc(Cl)nc(Sc2nc3ccccc3o2)c1. The lowest BCUT2D eigenvalue weighted by atomic mass is 10.3. The fourth-order valence-corrected chi connectivity index (χ4v) is 2.63. The Labute approximate surface area is 121 Å². The van der Waals surface area contributed by atoms with E-state index in [1.165, 1.54) is 12.1 Å². The van der Waals surface area contributed by atoms with Gasteiger partial charge in [0.2, 0.25) is 0 Å². The molecule has 0 saturated heterocycles. The van der Waals surface area contributed by atoms with Crippen LogP contribution in [0.1, 0.15) is 0 Å². The maximum absolute atomic E-state index is 10.8. The maximum Gasteiger partial charge on any atom is 0.275 e. The summed E-state index contributed by atoms with van der Waals surface area (Å²) < 4.78 is 5.51. The van der Waals surface area contributed by atoms with Crippen LogP contribution in [0.15, 0.2) is 51.1 Å². The lowest BCUT2D eigenvalue weighted by molar-refractivity contribution is -0.385. The Morgan fingerprint density at radius 2 is 2.05 bits per heavy atom. The van der Waals surface area contributed by atoms with Gasteiger partial charge in [0, 0.05) is 6.07 Å². The molecule has 0 bridgehead atoms. The average Bonchev–Trinajstić information content (AvgIpc) is 2.79. The van der Waals surface area contributed by atoms with Gasteiger partial charge in [0.25, 0.3) is 10.9 Å². The van der Waals surface area contributed by atoms with Crippen LogP contribution in [0.25, 0.3) is 11.1 Å². The summed E-state index contributed by atoms with van der Waals surface area (Å²) in [7, 11) is 0. The number of aromatic nitrogens is 2. The number of hydrogen-bond donors (Lipinski definition) is 0. The van der Waals surface area contributed by atoms with Crippen LogP contribution < -0.4 is 0 Å². The zero-order valence-corrected chi connectivity index (χ0v) is 11.4. The van der Waals surface area contributed by atoms with E-state index in [9.17, 15) is 10.1 Å². The van der Waals surface area contributed by atoms with E-state index >= 15 is 0 Å². The van der Waals surface area contributed by atoms with Gasteiger partial charge < -0.3 is 4.42 Å². The largest absolute Gasteiger partial charge is 0.431 e. The van der Waals surface area contributed by atoms with E-state index in [0.717, 1.165) is 11.8 Å². The minimum absolute atomic E-state index is 0.0535. The topological polar surface area (TPSA) is 82.1 Å². The van der Waals surface area contributed by atoms with Gasteiger partial charge in [0.1, 0.15) is 15.7 Å². The predicted molar refractivity (Wildman–Crippen MR) is 74.0 cm³/mol. The van der Waals surface area contributed by atoms with E-state index in [-0.39, 0.29) is 10.8 Å². The number of benzene rings is 1. The zero-order valence-electron chi connectivity index (χ0n) is 9.82. The molecule has 0 fully saturated rings. The van der Waals surface area contributed by atoms with E-state index in [1.807, 2.05) is 18.2 Å². The summed E-state index contributed by atoms with van der Waals surface area (Å²) >= 11 is 6.84. The first-order valence-electron chi connectivity index (χ1n) is 5.47. The summed E-state index contributed by atoms with van der Waals surface area (Å²) in [5.41, 5.74) is 1.24. The standard InChI is InChI=1S/C12H6ClN3O3S/c13-10-5-7(16(17)18)6-11(15-10)20-12-14-8-3-1-2-4-9(8)19-12/h1-6H. The van der Waals surface area contributed by atoms with Crippen LogP contribution in [0.2, 0.25) is 5.15 Å². The quantitative estimate of drug-likeness (QED) is 0.414. The summed E-state index contributed by atoms with van der Waals surface area (Å²) in [6.45, 7) is 0. The van der Waals surface area contributed by atoms with Crippen molar-refractivity contribution < 1.29 is 9.34 Å². The molecule has 3 rings (SSSR count). The first kappa shape index (κ1) is 12.9. The van der Waals surface area contributed by atoms with Gasteiger partial charge in [-0.25, -0.2) is 9.97 Å². The molecule has 0 aliphatic carbocycles. The first-order chi connectivity index (χ1) is 9.61. The Bertz CT molecular complexity index is 772. The Morgan fingerprint density at radius 1 is 1.25 bits per heavy atom. The van der Waals surface area contributed by atoms with Crippen molar-refractivity contribution in [2.24, 2.45) is 0 Å². The van der Waals surface area contributed by atoms with Gasteiger partial charge in [-0.05, 0) is 23.9 Å². The summed E-state index contributed by atoms with van der Waals surface area (Å²) in [6.07, 6.45) is 0. The molecular weight excluding hydrogens is 302 g/mol. The highest BCUT2D eigenvalue weighted by atomic mass is 35.5. The van der Waals surface area contributed by atoms with Crippen molar-refractivity contribution >= 4 is 40.1 Å². The monoisotopic (exact) mass is 307 g/mol. The molecular formula is C12H6ClN3O3S. The van der Waals surface area contributed by atoms with Crippen LogP contribution in [0.5, 0.6) is 0 Å². The molecule has 6 nitrogen and oxygen atoms in total. The normalized spacial score (nSPS) is 10.8. The van der Waals surface area contributed by atoms with Crippen LogP contribution in [0, 0.1) is 10.1 Å². The molecule has 0 saturated carbocycles. The van der Waals surface area contributed by atoms with Gasteiger partial charge in [-0.2, -0.15) is 0 Å². The highest BCUT2D eigenvalue weighted by molar-refractivity contribution is 7.99. The van der Waals surface area contributed by atoms with Crippen LogP contribution in [0.3, 0.4) is 0 Å². The van der Waals surface area contributed by atoms with Crippen molar-refractivity contribution in [3.8, 4) is 0 Å². The van der Waals surface area contributed by atoms with Crippen molar-refractivity contribution in [3.63, 3.8) is 0 Å². The van der Waals surface area contributed by atoms with Gasteiger partial charge in [0.05, 0.1) is 11.0 Å². The average molecular weight is 308 g/mol. The highest BCUT2D eigenvalue weighted by Crippen LogP contribution is 2.31. The molecule has 20 heavy (non-hydrogen) atoms. The van der Waals surface area contributed by atoms with Crippen molar-refractivity contribution in [1.29, 1.82) is 0 Å². The van der Waals surface area contributed by atoms with Crippen molar-refractivity contribution in [3.05, 3.63) is 51.7 Å². The van der Waals surface area contributed by atoms with E-state index in [1.54, 1.807) is 6.07 Å². The second-order valence-corrected chi connectivity index (χ2v) is 5.15. The number of nitrogens with zero attached hydrogens (tertiary/aromatic N) is 3. The van der Waals surface area contributed by atoms with E-state index < -0.39 is 4.92 Å². The molecule has 2 aromatic heterocycles. The summed E-state index contributed by atoms with van der Waals surface area (Å²) in [6, 6.07) is 9.81. The lowest BCUT2D eigenvalue weighted by Gasteiger charge is -1.97. The van der Waals surface area contributed by atoms with Gasteiger partial charge in [-0.3, -0.25) is 10.1 Å². The minimum Gasteiger partial charge on any atom is -0.431 e. The Morgan fingerprint density at radius 3 is 2.80 bits per heavy atom. The van der Waals surface area contributed by atoms with Gasteiger partial charge in [-0.15, -0.1) is 0 Å². The molecule has 3 aromatic rings. The number of para-hydroxylation sites is 2. The molecule has 0 atom stereocenters. The maximum atomic E-state index is 10.8. The third-order valence-corrected chi connectivity index (χ3v) is 3.39. The number of pyridine rings is 1. The zero-order chi connectivity index (χ0) is 14.1. The summed E-state index contributed by atoms with van der Waals surface area (Å²) in [5.74, 6) is 0. The van der Waals surface area contributed by atoms with Crippen molar-refractivity contribution in [2.45, 2.75) is 10.2 Å². The fourth-order valence-electron chi connectivity index (χ4n) is 1.60. The molecule has 0 amide bonds. The van der Waals surface area contributed by atoms with Crippen LogP contribution in [-0.4, -0.2) is 14.9 Å². The third kappa shape index (κ3) is 2.59. The fraction of sp³-hybridized carbons (Fsp3) is 0. The van der Waals surface area contributed by atoms with E-state index in [2.05, 4.69) is 9.97 Å². The number of nitro groups is 1. The number of hydrogen-bond acceptors (Lipinski definition) is 6. The molecule has 0 unspecified atom stereocenters. The first-order valence-corrected chi connectivity index (χ1v) is 6.67. The van der Waals surface area contributed by atoms with E-state index in [4.69, 9.17) is 16.0 Å². The van der Waals surface area contributed by atoms with Crippen molar-refractivity contribution in [2.75, 3.05) is 0 Å². The second-order valence-electron chi connectivity index (χ2n) is 3.79. The van der Waals surface area contributed by atoms with Gasteiger partial charge >= 0.3 is 0 Å². The molecule has 100 valence electrons. The number of fused-ring (bicyclic) bond motifs is 1. The van der Waals surface area contributed by atoms with Crippen molar-refractivity contribution in [1.82, 2.24) is 9.97 Å². The highest BCUT2D eigenvalue weighted by Gasteiger charge is 2.14. The number of oxazole rings is 1.